The van der Waals surface area contributed by atoms with E-state index in [0.29, 0.717) is 5.69 Å². The van der Waals surface area contributed by atoms with Gasteiger partial charge < -0.3 is 16.2 Å². The van der Waals surface area contributed by atoms with Gasteiger partial charge in [0, 0.05) is 11.1 Å². The standard InChI is InChI=1S/C13H14N2O2/c1-8(14)13(17)15-12-4-2-3-9-5-6-10(16)7-11(9)12/h2-8,16H,14H2,1H3,(H,15,17)/t8-/m1/s1. The highest BCUT2D eigenvalue weighted by atomic mass is 16.3. The first kappa shape index (κ1) is 11.4. The van der Waals surface area contributed by atoms with Crippen LogP contribution in [-0.4, -0.2) is 17.1 Å². The molecule has 0 bridgehead atoms. The summed E-state index contributed by atoms with van der Waals surface area (Å²) in [6.45, 7) is 1.62. The predicted molar refractivity (Wildman–Crippen MR) is 67.9 cm³/mol. The molecule has 2 rings (SSSR count). The molecule has 0 saturated carbocycles. The van der Waals surface area contributed by atoms with E-state index in [2.05, 4.69) is 5.32 Å². The molecule has 4 nitrogen and oxygen atoms in total. The number of nitrogens with one attached hydrogen (secondary N) is 1. The quantitative estimate of drug-likeness (QED) is 0.736. The maximum atomic E-state index is 11.5. The zero-order chi connectivity index (χ0) is 12.4. The average molecular weight is 230 g/mol. The second kappa shape index (κ2) is 4.43. The summed E-state index contributed by atoms with van der Waals surface area (Å²) >= 11 is 0. The minimum atomic E-state index is -0.567. The van der Waals surface area contributed by atoms with E-state index in [9.17, 15) is 9.90 Å². The molecule has 88 valence electrons. The van der Waals surface area contributed by atoms with Gasteiger partial charge in [-0.3, -0.25) is 4.79 Å². The second-order valence-corrected chi connectivity index (χ2v) is 3.99. The lowest BCUT2D eigenvalue weighted by atomic mass is 10.1. The molecule has 0 aromatic heterocycles. The normalized spacial score (nSPS) is 12.4. The summed E-state index contributed by atoms with van der Waals surface area (Å²) in [5, 5.41) is 13.9. The van der Waals surface area contributed by atoms with Crippen molar-refractivity contribution in [1.29, 1.82) is 0 Å². The maximum absolute atomic E-state index is 11.5. The Morgan fingerprint density at radius 1 is 1.35 bits per heavy atom. The maximum Gasteiger partial charge on any atom is 0.241 e. The summed E-state index contributed by atoms with van der Waals surface area (Å²) < 4.78 is 0. The van der Waals surface area contributed by atoms with E-state index in [1.807, 2.05) is 12.1 Å². The van der Waals surface area contributed by atoms with Crippen LogP contribution >= 0.6 is 0 Å². The Kier molecular flexibility index (Phi) is 2.97. The molecule has 0 unspecified atom stereocenters. The number of hydrogen-bond acceptors (Lipinski definition) is 3. The summed E-state index contributed by atoms with van der Waals surface area (Å²) in [5.74, 6) is -0.0826. The summed E-state index contributed by atoms with van der Waals surface area (Å²) in [4.78, 5) is 11.5. The van der Waals surface area contributed by atoms with Gasteiger partial charge in [0.25, 0.3) is 0 Å². The molecule has 1 amide bonds. The lowest BCUT2D eigenvalue weighted by Gasteiger charge is -2.10. The lowest BCUT2D eigenvalue weighted by Crippen LogP contribution is -2.32. The summed E-state index contributed by atoms with van der Waals surface area (Å²) in [5.41, 5.74) is 6.15. The first-order chi connectivity index (χ1) is 8.08. The number of hydrogen-bond donors (Lipinski definition) is 3. The highest BCUT2D eigenvalue weighted by Crippen LogP contribution is 2.26. The SMILES string of the molecule is C[C@@H](N)C(=O)Nc1cccc2ccc(O)cc12. The number of phenols is 1. The smallest absolute Gasteiger partial charge is 0.241 e. The van der Waals surface area contributed by atoms with Crippen LogP contribution in [0.3, 0.4) is 0 Å². The molecule has 0 aliphatic rings. The first-order valence-electron chi connectivity index (χ1n) is 5.36. The van der Waals surface area contributed by atoms with Gasteiger partial charge in [0.05, 0.1) is 6.04 Å². The Hall–Kier alpha value is -2.07. The number of carbonyl (C=O) groups excluding carboxylic acids is 1. The number of rotatable bonds is 2. The van der Waals surface area contributed by atoms with Crippen LogP contribution in [0.4, 0.5) is 5.69 Å². The third-order valence-electron chi connectivity index (χ3n) is 2.54. The molecule has 0 heterocycles. The zero-order valence-corrected chi connectivity index (χ0v) is 9.47. The Bertz CT molecular complexity index is 564. The first-order valence-corrected chi connectivity index (χ1v) is 5.36. The van der Waals surface area contributed by atoms with Crippen molar-refractivity contribution in [1.82, 2.24) is 0 Å². The van der Waals surface area contributed by atoms with Crippen LogP contribution < -0.4 is 11.1 Å². The number of benzene rings is 2. The molecule has 1 atom stereocenters. The van der Waals surface area contributed by atoms with Crippen molar-refractivity contribution >= 4 is 22.4 Å². The number of amides is 1. The van der Waals surface area contributed by atoms with Crippen molar-refractivity contribution in [2.24, 2.45) is 5.73 Å². The van der Waals surface area contributed by atoms with Crippen LogP contribution in [0, 0.1) is 0 Å². The van der Waals surface area contributed by atoms with Crippen molar-refractivity contribution in [3.05, 3.63) is 36.4 Å². The van der Waals surface area contributed by atoms with Crippen LogP contribution in [0.1, 0.15) is 6.92 Å². The highest BCUT2D eigenvalue weighted by molar-refractivity contribution is 6.03. The number of carbonyl (C=O) groups is 1. The largest absolute Gasteiger partial charge is 0.508 e. The van der Waals surface area contributed by atoms with E-state index in [4.69, 9.17) is 5.73 Å². The van der Waals surface area contributed by atoms with Gasteiger partial charge in [0.15, 0.2) is 0 Å². The highest BCUT2D eigenvalue weighted by Gasteiger charge is 2.09. The molecular weight excluding hydrogens is 216 g/mol. The predicted octanol–water partition coefficient (Wildman–Crippen LogP) is 1.83. The summed E-state index contributed by atoms with van der Waals surface area (Å²) in [7, 11) is 0. The van der Waals surface area contributed by atoms with Gasteiger partial charge in [-0.1, -0.05) is 18.2 Å². The third-order valence-corrected chi connectivity index (χ3v) is 2.54. The number of fused-ring (bicyclic) bond motifs is 1. The van der Waals surface area contributed by atoms with E-state index in [1.54, 1.807) is 31.2 Å². The van der Waals surface area contributed by atoms with Crippen molar-refractivity contribution in [2.75, 3.05) is 5.32 Å². The van der Waals surface area contributed by atoms with Gasteiger partial charge in [-0.25, -0.2) is 0 Å². The molecule has 0 saturated heterocycles. The fraction of sp³-hybridized carbons (Fsp3) is 0.154. The van der Waals surface area contributed by atoms with Crippen LogP contribution in [0.15, 0.2) is 36.4 Å². The fourth-order valence-electron chi connectivity index (χ4n) is 1.62. The third kappa shape index (κ3) is 2.37. The molecule has 4 heteroatoms. The van der Waals surface area contributed by atoms with Gasteiger partial charge in [0.2, 0.25) is 5.91 Å². The number of aromatic hydroxyl groups is 1. The molecular formula is C13H14N2O2. The van der Waals surface area contributed by atoms with Crippen molar-refractivity contribution in [3.8, 4) is 5.75 Å². The van der Waals surface area contributed by atoms with Gasteiger partial charge >= 0.3 is 0 Å². The van der Waals surface area contributed by atoms with E-state index in [0.717, 1.165) is 10.8 Å². The molecule has 2 aromatic rings. The average Bonchev–Trinajstić information content (AvgIpc) is 2.29. The molecule has 17 heavy (non-hydrogen) atoms. The van der Waals surface area contributed by atoms with Crippen molar-refractivity contribution in [2.45, 2.75) is 13.0 Å². The molecule has 2 aromatic carbocycles. The monoisotopic (exact) mass is 230 g/mol. The van der Waals surface area contributed by atoms with Crippen molar-refractivity contribution in [3.63, 3.8) is 0 Å². The van der Waals surface area contributed by atoms with Gasteiger partial charge in [-0.05, 0) is 30.5 Å². The molecule has 4 N–H and O–H groups in total. The van der Waals surface area contributed by atoms with Crippen LogP contribution in [-0.2, 0) is 4.79 Å². The zero-order valence-electron chi connectivity index (χ0n) is 9.47. The Morgan fingerprint density at radius 3 is 2.82 bits per heavy atom. The summed E-state index contributed by atoms with van der Waals surface area (Å²) in [6, 6.07) is 9.99. The molecule has 0 fully saturated rings. The van der Waals surface area contributed by atoms with E-state index in [-0.39, 0.29) is 11.7 Å². The van der Waals surface area contributed by atoms with Crippen LogP contribution in [0.25, 0.3) is 10.8 Å². The minimum Gasteiger partial charge on any atom is -0.508 e. The Labute approximate surface area is 99.1 Å². The fourth-order valence-corrected chi connectivity index (χ4v) is 1.62. The topological polar surface area (TPSA) is 75.4 Å². The van der Waals surface area contributed by atoms with Crippen LogP contribution in [0.2, 0.25) is 0 Å². The van der Waals surface area contributed by atoms with Gasteiger partial charge in [-0.2, -0.15) is 0 Å². The van der Waals surface area contributed by atoms with E-state index < -0.39 is 6.04 Å². The molecule has 0 radical (unpaired) electrons. The number of nitrogens with two attached hydrogens (primary N) is 1. The Morgan fingerprint density at radius 2 is 2.12 bits per heavy atom. The van der Waals surface area contributed by atoms with E-state index in [1.165, 1.54) is 0 Å². The molecule has 0 spiro atoms. The van der Waals surface area contributed by atoms with Crippen LogP contribution in [0.5, 0.6) is 5.75 Å². The Balaban J connectivity index is 2.46. The minimum absolute atomic E-state index is 0.167. The summed E-state index contributed by atoms with van der Waals surface area (Å²) in [6.07, 6.45) is 0. The number of anilines is 1. The molecule has 0 aliphatic heterocycles. The molecule has 0 aliphatic carbocycles. The number of phenolic OH excluding ortho intramolecular Hbond substituents is 1. The lowest BCUT2D eigenvalue weighted by molar-refractivity contribution is -0.117. The van der Waals surface area contributed by atoms with Crippen molar-refractivity contribution < 1.29 is 9.90 Å². The van der Waals surface area contributed by atoms with E-state index >= 15 is 0 Å². The second-order valence-electron chi connectivity index (χ2n) is 3.99. The van der Waals surface area contributed by atoms with Gasteiger partial charge in [-0.15, -0.1) is 0 Å². The van der Waals surface area contributed by atoms with Gasteiger partial charge in [0.1, 0.15) is 5.75 Å².